The number of nitrogens with one attached hydrogen (secondary N) is 1. The number of carbonyl (C=O) groups is 2. The molecule has 6 nitrogen and oxygen atoms in total. The molecule has 0 spiro atoms. The first-order valence-electron chi connectivity index (χ1n) is 8.09. The highest BCUT2D eigenvalue weighted by Crippen LogP contribution is 2.22. The molecule has 2 rings (SSSR count). The van der Waals surface area contributed by atoms with Gasteiger partial charge in [-0.15, -0.1) is 0 Å². The van der Waals surface area contributed by atoms with E-state index in [0.717, 1.165) is 45.1 Å². The Kier molecular flexibility index (Phi) is 5.85. The van der Waals surface area contributed by atoms with Crippen molar-refractivity contribution in [1.82, 2.24) is 10.2 Å². The number of amides is 2. The number of piperidine rings is 1. The molecule has 6 heteroatoms. The SMILES string of the molecule is NC1CCCCC1NC(=O)N1CCCC(CCC(=O)O)C1. The van der Waals surface area contributed by atoms with Crippen molar-refractivity contribution in [3.8, 4) is 0 Å². The van der Waals surface area contributed by atoms with E-state index in [4.69, 9.17) is 10.8 Å². The second-order valence-electron chi connectivity index (χ2n) is 6.39. The minimum atomic E-state index is -0.759. The molecule has 1 heterocycles. The predicted molar refractivity (Wildman–Crippen MR) is 79.9 cm³/mol. The van der Waals surface area contributed by atoms with Crippen LogP contribution >= 0.6 is 0 Å². The number of aliphatic carboxylic acids is 1. The molecule has 0 aromatic heterocycles. The number of carboxylic acid groups (broad SMARTS) is 1. The van der Waals surface area contributed by atoms with Gasteiger partial charge in [0.1, 0.15) is 0 Å². The average molecular weight is 297 g/mol. The van der Waals surface area contributed by atoms with Gasteiger partial charge in [-0.2, -0.15) is 0 Å². The maximum Gasteiger partial charge on any atom is 0.317 e. The summed E-state index contributed by atoms with van der Waals surface area (Å²) >= 11 is 0. The van der Waals surface area contributed by atoms with Crippen LogP contribution in [0.4, 0.5) is 4.79 Å². The lowest BCUT2D eigenvalue weighted by atomic mass is 9.91. The summed E-state index contributed by atoms with van der Waals surface area (Å²) in [5.41, 5.74) is 6.07. The van der Waals surface area contributed by atoms with E-state index >= 15 is 0 Å². The van der Waals surface area contributed by atoms with E-state index in [1.807, 2.05) is 4.90 Å². The van der Waals surface area contributed by atoms with E-state index in [2.05, 4.69) is 5.32 Å². The Morgan fingerprint density at radius 3 is 2.67 bits per heavy atom. The second kappa shape index (κ2) is 7.64. The van der Waals surface area contributed by atoms with Crippen LogP contribution in [-0.2, 0) is 4.79 Å². The molecule has 3 atom stereocenters. The number of rotatable bonds is 4. The average Bonchev–Trinajstić information content (AvgIpc) is 2.48. The topological polar surface area (TPSA) is 95.7 Å². The van der Waals surface area contributed by atoms with Crippen molar-refractivity contribution >= 4 is 12.0 Å². The summed E-state index contributed by atoms with van der Waals surface area (Å²) in [6.45, 7) is 1.43. The van der Waals surface area contributed by atoms with Gasteiger partial charge in [0.25, 0.3) is 0 Å². The van der Waals surface area contributed by atoms with E-state index < -0.39 is 5.97 Å². The van der Waals surface area contributed by atoms with Gasteiger partial charge >= 0.3 is 12.0 Å². The molecule has 1 saturated heterocycles. The van der Waals surface area contributed by atoms with Crippen LogP contribution in [0.2, 0.25) is 0 Å². The Hall–Kier alpha value is -1.30. The normalized spacial score (nSPS) is 30.0. The number of hydrogen-bond acceptors (Lipinski definition) is 3. The number of hydrogen-bond donors (Lipinski definition) is 3. The van der Waals surface area contributed by atoms with Crippen molar-refractivity contribution in [3.63, 3.8) is 0 Å². The molecular weight excluding hydrogens is 270 g/mol. The van der Waals surface area contributed by atoms with Gasteiger partial charge in [-0.1, -0.05) is 12.8 Å². The minimum absolute atomic E-state index is 0.0302. The zero-order chi connectivity index (χ0) is 15.2. The standard InChI is InChI=1S/C15H27N3O3/c16-12-5-1-2-6-13(12)17-15(21)18-9-3-4-11(10-18)7-8-14(19)20/h11-13H,1-10,16H2,(H,17,21)(H,19,20). The lowest BCUT2D eigenvalue weighted by Gasteiger charge is -2.36. The summed E-state index contributed by atoms with van der Waals surface area (Å²) in [6.07, 6.45) is 7.02. The number of carbonyl (C=O) groups excluding carboxylic acids is 1. The van der Waals surface area contributed by atoms with Gasteiger partial charge in [0.15, 0.2) is 0 Å². The quantitative estimate of drug-likeness (QED) is 0.733. The Bertz CT molecular complexity index is 375. The molecule has 1 aliphatic carbocycles. The highest BCUT2D eigenvalue weighted by Gasteiger charge is 2.28. The molecule has 120 valence electrons. The third-order valence-electron chi connectivity index (χ3n) is 4.70. The highest BCUT2D eigenvalue weighted by atomic mass is 16.4. The van der Waals surface area contributed by atoms with Crippen LogP contribution in [0, 0.1) is 5.92 Å². The number of likely N-dealkylation sites (tertiary alicyclic amines) is 1. The van der Waals surface area contributed by atoms with E-state index in [9.17, 15) is 9.59 Å². The molecule has 0 bridgehead atoms. The summed E-state index contributed by atoms with van der Waals surface area (Å²) in [5, 5.41) is 11.8. The van der Waals surface area contributed by atoms with Crippen molar-refractivity contribution in [2.75, 3.05) is 13.1 Å². The molecule has 2 fully saturated rings. The predicted octanol–water partition coefficient (Wildman–Crippen LogP) is 1.54. The van der Waals surface area contributed by atoms with Crippen LogP contribution in [0.1, 0.15) is 51.4 Å². The lowest BCUT2D eigenvalue weighted by Crippen LogP contribution is -2.54. The molecule has 2 aliphatic rings. The van der Waals surface area contributed by atoms with Gasteiger partial charge in [0.05, 0.1) is 0 Å². The molecule has 21 heavy (non-hydrogen) atoms. The summed E-state index contributed by atoms with van der Waals surface area (Å²) in [5.74, 6) is -0.453. The molecule has 3 unspecified atom stereocenters. The molecule has 0 aromatic carbocycles. The fourth-order valence-electron chi connectivity index (χ4n) is 3.40. The summed E-state index contributed by atoms with van der Waals surface area (Å²) in [4.78, 5) is 24.8. The van der Waals surface area contributed by atoms with Crippen molar-refractivity contribution in [2.45, 2.75) is 63.5 Å². The van der Waals surface area contributed by atoms with Gasteiger partial charge in [-0.3, -0.25) is 4.79 Å². The summed E-state index contributed by atoms with van der Waals surface area (Å²) < 4.78 is 0. The van der Waals surface area contributed by atoms with Gasteiger partial charge < -0.3 is 21.1 Å². The van der Waals surface area contributed by atoms with Gasteiger partial charge in [0, 0.05) is 31.6 Å². The van der Waals surface area contributed by atoms with Crippen molar-refractivity contribution < 1.29 is 14.7 Å². The molecule has 2 amide bonds. The Balaban J connectivity index is 1.79. The van der Waals surface area contributed by atoms with Gasteiger partial charge in [0.2, 0.25) is 0 Å². The number of carboxylic acids is 1. The monoisotopic (exact) mass is 297 g/mol. The summed E-state index contributed by atoms with van der Waals surface area (Å²) in [7, 11) is 0. The van der Waals surface area contributed by atoms with E-state index in [1.54, 1.807) is 0 Å². The Morgan fingerprint density at radius 2 is 1.95 bits per heavy atom. The maximum atomic E-state index is 12.3. The highest BCUT2D eigenvalue weighted by molar-refractivity contribution is 5.74. The number of nitrogens with zero attached hydrogens (tertiary/aromatic N) is 1. The first-order chi connectivity index (χ1) is 10.1. The summed E-state index contributed by atoms with van der Waals surface area (Å²) in [6, 6.07) is 0.123. The zero-order valence-corrected chi connectivity index (χ0v) is 12.6. The largest absolute Gasteiger partial charge is 0.481 e. The fourth-order valence-corrected chi connectivity index (χ4v) is 3.40. The van der Waals surface area contributed by atoms with Crippen LogP contribution in [0.25, 0.3) is 0 Å². The fraction of sp³-hybridized carbons (Fsp3) is 0.867. The first-order valence-corrected chi connectivity index (χ1v) is 8.09. The van der Waals surface area contributed by atoms with Crippen molar-refractivity contribution in [1.29, 1.82) is 0 Å². The van der Waals surface area contributed by atoms with Gasteiger partial charge in [-0.05, 0) is 38.0 Å². The van der Waals surface area contributed by atoms with E-state index in [0.29, 0.717) is 18.9 Å². The third-order valence-corrected chi connectivity index (χ3v) is 4.70. The third kappa shape index (κ3) is 4.88. The number of urea groups is 1. The first kappa shape index (κ1) is 16.1. The van der Waals surface area contributed by atoms with E-state index in [-0.39, 0.29) is 24.5 Å². The molecule has 0 radical (unpaired) electrons. The van der Waals surface area contributed by atoms with Crippen LogP contribution in [-0.4, -0.2) is 47.2 Å². The second-order valence-corrected chi connectivity index (χ2v) is 6.39. The maximum absolute atomic E-state index is 12.3. The molecule has 1 aliphatic heterocycles. The number of nitrogens with two attached hydrogens (primary N) is 1. The van der Waals surface area contributed by atoms with Crippen LogP contribution in [0.3, 0.4) is 0 Å². The molecule has 4 N–H and O–H groups in total. The van der Waals surface area contributed by atoms with Gasteiger partial charge in [-0.25, -0.2) is 4.79 Å². The smallest absolute Gasteiger partial charge is 0.317 e. The van der Waals surface area contributed by atoms with E-state index in [1.165, 1.54) is 0 Å². The minimum Gasteiger partial charge on any atom is -0.481 e. The van der Waals surface area contributed by atoms with Crippen LogP contribution in [0.15, 0.2) is 0 Å². The van der Waals surface area contributed by atoms with Crippen LogP contribution in [0.5, 0.6) is 0 Å². The molecule has 0 aromatic rings. The Morgan fingerprint density at radius 1 is 1.19 bits per heavy atom. The Labute approximate surface area is 126 Å². The van der Waals surface area contributed by atoms with Crippen molar-refractivity contribution in [2.24, 2.45) is 11.7 Å². The molecule has 1 saturated carbocycles. The van der Waals surface area contributed by atoms with Crippen molar-refractivity contribution in [3.05, 3.63) is 0 Å². The lowest BCUT2D eigenvalue weighted by molar-refractivity contribution is -0.137. The zero-order valence-electron chi connectivity index (χ0n) is 12.6. The molecular formula is C15H27N3O3. The van der Waals surface area contributed by atoms with Crippen LogP contribution < -0.4 is 11.1 Å².